The lowest BCUT2D eigenvalue weighted by atomic mass is 10.0. The van der Waals surface area contributed by atoms with Crippen molar-refractivity contribution in [3.8, 4) is 0 Å². The fourth-order valence-electron chi connectivity index (χ4n) is 3.28. The molecular weight excluding hydrogens is 380 g/mol. The SMILES string of the molecule is COC(=O)CN(Cc1ccccc1)C(=O)c1cc(C(C)C)nc2c1cnn2C(C)C. The standard InChI is InChI=1S/C23H28N4O3/c1-15(2)20-11-18(19-12-24-27(16(3)4)22(19)25-20)23(29)26(14-21(28)30-5)13-17-9-7-6-8-10-17/h6-12,15-16H,13-14H2,1-5H3. The predicted molar refractivity (Wildman–Crippen MR) is 115 cm³/mol. The molecule has 0 fully saturated rings. The van der Waals surface area contributed by atoms with E-state index >= 15 is 0 Å². The van der Waals surface area contributed by atoms with Crippen molar-refractivity contribution in [3.05, 3.63) is 59.4 Å². The van der Waals surface area contributed by atoms with Crippen LogP contribution in [0.1, 0.15) is 61.3 Å². The van der Waals surface area contributed by atoms with Crippen LogP contribution in [0.2, 0.25) is 0 Å². The van der Waals surface area contributed by atoms with Crippen LogP contribution in [0.4, 0.5) is 0 Å². The Morgan fingerprint density at radius 2 is 1.83 bits per heavy atom. The van der Waals surface area contributed by atoms with E-state index in [2.05, 4.69) is 5.10 Å². The molecule has 0 aliphatic heterocycles. The molecule has 0 aliphatic rings. The smallest absolute Gasteiger partial charge is 0.325 e. The molecule has 0 spiro atoms. The summed E-state index contributed by atoms with van der Waals surface area (Å²) < 4.78 is 6.65. The molecule has 0 bridgehead atoms. The van der Waals surface area contributed by atoms with E-state index in [9.17, 15) is 9.59 Å². The van der Waals surface area contributed by atoms with E-state index in [0.717, 1.165) is 11.3 Å². The van der Waals surface area contributed by atoms with Crippen molar-refractivity contribution in [1.82, 2.24) is 19.7 Å². The largest absolute Gasteiger partial charge is 0.468 e. The van der Waals surface area contributed by atoms with Crippen molar-refractivity contribution in [2.45, 2.75) is 46.2 Å². The Hall–Kier alpha value is -3.22. The Labute approximate surface area is 176 Å². The Bertz CT molecular complexity index is 1040. The van der Waals surface area contributed by atoms with Crippen LogP contribution in [0.15, 0.2) is 42.6 Å². The number of benzene rings is 1. The van der Waals surface area contributed by atoms with Gasteiger partial charge in [0.25, 0.3) is 5.91 Å². The molecule has 0 aliphatic carbocycles. The maximum Gasteiger partial charge on any atom is 0.325 e. The summed E-state index contributed by atoms with van der Waals surface area (Å²) in [4.78, 5) is 31.9. The Morgan fingerprint density at radius 3 is 2.43 bits per heavy atom. The van der Waals surface area contributed by atoms with E-state index in [1.165, 1.54) is 12.0 Å². The lowest BCUT2D eigenvalue weighted by molar-refractivity contribution is -0.141. The highest BCUT2D eigenvalue weighted by Gasteiger charge is 2.25. The second-order valence-corrected chi connectivity index (χ2v) is 7.89. The molecule has 0 saturated heterocycles. The number of hydrogen-bond donors (Lipinski definition) is 0. The van der Waals surface area contributed by atoms with Crippen molar-refractivity contribution in [2.24, 2.45) is 0 Å². The maximum absolute atomic E-state index is 13.6. The number of nitrogens with zero attached hydrogens (tertiary/aromatic N) is 4. The van der Waals surface area contributed by atoms with Crippen LogP contribution in [0.3, 0.4) is 0 Å². The van der Waals surface area contributed by atoms with Crippen molar-refractivity contribution in [3.63, 3.8) is 0 Å². The molecular formula is C23H28N4O3. The molecule has 3 rings (SSSR count). The average Bonchev–Trinajstić information content (AvgIpc) is 3.17. The molecule has 30 heavy (non-hydrogen) atoms. The summed E-state index contributed by atoms with van der Waals surface area (Å²) in [7, 11) is 1.32. The summed E-state index contributed by atoms with van der Waals surface area (Å²) in [5.41, 5.74) is 2.92. The number of rotatable bonds is 7. The number of fused-ring (bicyclic) bond motifs is 1. The van der Waals surface area contributed by atoms with Crippen molar-refractivity contribution >= 4 is 22.9 Å². The minimum Gasteiger partial charge on any atom is -0.468 e. The first-order valence-electron chi connectivity index (χ1n) is 10.1. The van der Waals surface area contributed by atoms with Gasteiger partial charge in [0.05, 0.1) is 24.3 Å². The summed E-state index contributed by atoms with van der Waals surface area (Å²) in [5.74, 6) is -0.576. The van der Waals surface area contributed by atoms with Gasteiger partial charge in [0.2, 0.25) is 0 Å². The molecule has 0 saturated carbocycles. The van der Waals surface area contributed by atoms with Crippen LogP contribution < -0.4 is 0 Å². The van der Waals surface area contributed by atoms with E-state index in [0.29, 0.717) is 23.1 Å². The van der Waals surface area contributed by atoms with Gasteiger partial charge in [-0.05, 0) is 31.4 Å². The first-order valence-corrected chi connectivity index (χ1v) is 10.1. The number of hydrogen-bond acceptors (Lipinski definition) is 5. The van der Waals surface area contributed by atoms with Crippen LogP contribution in [0.5, 0.6) is 0 Å². The van der Waals surface area contributed by atoms with Crippen molar-refractivity contribution in [1.29, 1.82) is 0 Å². The zero-order valence-corrected chi connectivity index (χ0v) is 18.1. The molecule has 0 unspecified atom stereocenters. The van der Waals surface area contributed by atoms with Crippen LogP contribution in [-0.4, -0.2) is 45.2 Å². The number of esters is 1. The third-order valence-corrected chi connectivity index (χ3v) is 4.95. The molecule has 3 aromatic rings. The molecule has 2 aromatic heterocycles. The molecule has 7 heteroatoms. The van der Waals surface area contributed by atoms with Crippen molar-refractivity contribution in [2.75, 3.05) is 13.7 Å². The van der Waals surface area contributed by atoms with E-state index in [-0.39, 0.29) is 24.4 Å². The van der Waals surface area contributed by atoms with Crippen LogP contribution in [0.25, 0.3) is 11.0 Å². The van der Waals surface area contributed by atoms with Crippen LogP contribution in [0, 0.1) is 0 Å². The van der Waals surface area contributed by atoms with Gasteiger partial charge in [-0.25, -0.2) is 9.67 Å². The minimum atomic E-state index is -0.466. The first-order chi connectivity index (χ1) is 14.3. The van der Waals surface area contributed by atoms with E-state index in [4.69, 9.17) is 9.72 Å². The summed E-state index contributed by atoms with van der Waals surface area (Å²) in [5, 5.41) is 5.13. The zero-order chi connectivity index (χ0) is 21.8. The normalized spacial score (nSPS) is 11.3. The number of carbonyl (C=O) groups excluding carboxylic acids is 2. The first kappa shape index (κ1) is 21.5. The van der Waals surface area contributed by atoms with Gasteiger partial charge < -0.3 is 9.64 Å². The fraction of sp³-hybridized carbons (Fsp3) is 0.391. The number of methoxy groups -OCH3 is 1. The average molecular weight is 409 g/mol. The molecule has 0 N–H and O–H groups in total. The van der Waals surface area contributed by atoms with Gasteiger partial charge in [0.15, 0.2) is 5.65 Å². The summed E-state index contributed by atoms with van der Waals surface area (Å²) >= 11 is 0. The predicted octanol–water partition coefficient (Wildman–Crippen LogP) is 3.95. The second kappa shape index (κ2) is 9.07. The highest BCUT2D eigenvalue weighted by Crippen LogP contribution is 2.26. The van der Waals surface area contributed by atoms with E-state index in [1.807, 2.05) is 68.8 Å². The lowest BCUT2D eigenvalue weighted by Gasteiger charge is -2.22. The number of ether oxygens (including phenoxy) is 1. The van der Waals surface area contributed by atoms with Crippen LogP contribution >= 0.6 is 0 Å². The van der Waals surface area contributed by atoms with Gasteiger partial charge in [-0.2, -0.15) is 5.10 Å². The van der Waals surface area contributed by atoms with Gasteiger partial charge in [-0.3, -0.25) is 9.59 Å². The second-order valence-electron chi connectivity index (χ2n) is 7.89. The topological polar surface area (TPSA) is 77.3 Å². The Kier molecular flexibility index (Phi) is 6.50. The van der Waals surface area contributed by atoms with Crippen molar-refractivity contribution < 1.29 is 14.3 Å². The molecule has 7 nitrogen and oxygen atoms in total. The van der Waals surface area contributed by atoms with Gasteiger partial charge in [0, 0.05) is 18.3 Å². The van der Waals surface area contributed by atoms with E-state index < -0.39 is 5.97 Å². The highest BCUT2D eigenvalue weighted by molar-refractivity contribution is 6.06. The third-order valence-electron chi connectivity index (χ3n) is 4.95. The van der Waals surface area contributed by atoms with Gasteiger partial charge in [-0.1, -0.05) is 44.2 Å². The lowest BCUT2D eigenvalue weighted by Crippen LogP contribution is -2.36. The quantitative estimate of drug-likeness (QED) is 0.553. The molecule has 0 radical (unpaired) electrons. The highest BCUT2D eigenvalue weighted by atomic mass is 16.5. The molecule has 2 heterocycles. The zero-order valence-electron chi connectivity index (χ0n) is 18.1. The molecule has 158 valence electrons. The number of carbonyl (C=O) groups is 2. The molecule has 1 aromatic carbocycles. The third kappa shape index (κ3) is 4.50. The fourth-order valence-corrected chi connectivity index (χ4v) is 3.28. The number of amides is 1. The molecule has 1 amide bonds. The summed E-state index contributed by atoms with van der Waals surface area (Å²) in [6, 6.07) is 11.5. The van der Waals surface area contributed by atoms with Gasteiger partial charge in [-0.15, -0.1) is 0 Å². The number of aromatic nitrogens is 3. The van der Waals surface area contributed by atoms with Gasteiger partial charge in [0.1, 0.15) is 6.54 Å². The Balaban J connectivity index is 2.09. The summed E-state index contributed by atoms with van der Waals surface area (Å²) in [6.45, 7) is 8.29. The molecule has 0 atom stereocenters. The Morgan fingerprint density at radius 1 is 1.13 bits per heavy atom. The van der Waals surface area contributed by atoms with E-state index in [1.54, 1.807) is 6.20 Å². The number of pyridine rings is 1. The minimum absolute atomic E-state index is 0.107. The summed E-state index contributed by atoms with van der Waals surface area (Å²) in [6.07, 6.45) is 1.68. The van der Waals surface area contributed by atoms with Crippen LogP contribution in [-0.2, 0) is 16.1 Å². The monoisotopic (exact) mass is 408 g/mol. The van der Waals surface area contributed by atoms with Gasteiger partial charge >= 0.3 is 5.97 Å². The maximum atomic E-state index is 13.6.